The van der Waals surface area contributed by atoms with E-state index in [0.717, 1.165) is 27.7 Å². The van der Waals surface area contributed by atoms with E-state index >= 15 is 0 Å². The largest absolute Gasteiger partial charge is 0.510 e. The number of aromatic nitrogens is 5. The molecule has 7 aromatic carbocycles. The van der Waals surface area contributed by atoms with Gasteiger partial charge in [0.25, 0.3) is 6.33 Å². The van der Waals surface area contributed by atoms with Crippen LogP contribution < -0.4 is 9.30 Å². The van der Waals surface area contributed by atoms with Gasteiger partial charge < -0.3 is 13.9 Å². The van der Waals surface area contributed by atoms with E-state index in [1.54, 1.807) is 76.0 Å². The normalized spacial score (nSPS) is 14.4. The Labute approximate surface area is 398 Å². The Morgan fingerprint density at radius 1 is 0.635 bits per heavy atom. The van der Waals surface area contributed by atoms with Crippen LogP contribution in [0.4, 0.5) is 0 Å². The molecule has 63 heavy (non-hydrogen) atoms. The molecule has 0 aliphatic heterocycles. The molecule has 7 heteroatoms. The standard InChI is InChI=1S/C56H39N5O.Pt/c1-37-30-55(57-35-50(37)42-31-38(2)58-39(3)32-42)61-51-25-11-10-22-48(51)49-29-28-45(34-54(49)61)62-44-21-14-20-43(33-44)59-36-60(53-27-13-12-26-52(53)59)56-46(40-16-6-4-7-17-40)23-15-24-47(56)41-18-8-5-9-19-41;/h4-32,35H,1-3H3;/q-2;/i1D3,4D,5D,6D,7D,8D,9D,16D,17D,18D,19D;. The fraction of sp³-hybridized carbons (Fsp3) is 0.0536. The number of hydrogen-bond donors (Lipinski definition) is 0. The van der Waals surface area contributed by atoms with Crippen molar-refractivity contribution in [3.63, 3.8) is 0 Å². The van der Waals surface area contributed by atoms with Crippen molar-refractivity contribution in [3.05, 3.63) is 217 Å². The van der Waals surface area contributed by atoms with Crippen LogP contribution in [0.25, 0.3) is 83.4 Å². The Bertz CT molecular complexity index is 4050. The molecule has 4 heterocycles. The molecule has 0 unspecified atom stereocenters. The molecule has 6 nitrogen and oxygen atoms in total. The Morgan fingerprint density at radius 3 is 2.03 bits per heavy atom. The van der Waals surface area contributed by atoms with Crippen LogP contribution in [-0.2, 0) is 21.1 Å². The third kappa shape index (κ3) is 7.22. The van der Waals surface area contributed by atoms with Crippen LogP contribution >= 0.6 is 0 Å². The summed E-state index contributed by atoms with van der Waals surface area (Å²) in [7, 11) is 0. The SMILES string of the molecule is [2H]c1c([2H])c([2H])c(-c2cccc(-c3c([2H])c([2H])c([2H])c([2H])c3[2H])c2-[n+]2[c-]n(-c3[c-]c(Oc4[c-]c5c(cc4)c4ccccc4n5-c4cc(C([2H])([2H])[2H])c(-c5cc(C)nc(C)c5)cn4)ccc3)c3ccccc32)c([2H])c1[2H].[Pt]. The van der Waals surface area contributed by atoms with Gasteiger partial charge in [-0.2, -0.15) is 18.2 Å². The number of para-hydroxylation sites is 4. The summed E-state index contributed by atoms with van der Waals surface area (Å²) in [4.78, 5) is 9.33. The monoisotopic (exact) mass is 1010 g/mol. The van der Waals surface area contributed by atoms with Crippen molar-refractivity contribution in [2.75, 3.05) is 0 Å². The zero-order chi connectivity index (χ0) is 52.9. The summed E-state index contributed by atoms with van der Waals surface area (Å²) in [6.45, 7) is 1.23. The van der Waals surface area contributed by atoms with E-state index in [-0.39, 0.29) is 60.3 Å². The number of ether oxygens (including phenoxy) is 1. The second-order valence-corrected chi connectivity index (χ2v) is 14.6. The van der Waals surface area contributed by atoms with Gasteiger partial charge in [0.15, 0.2) is 0 Å². The second kappa shape index (κ2) is 16.5. The van der Waals surface area contributed by atoms with Gasteiger partial charge in [-0.15, -0.1) is 29.7 Å². The topological polar surface area (TPSA) is 48.8 Å². The third-order valence-corrected chi connectivity index (χ3v) is 10.6. The first-order chi connectivity index (χ1) is 35.8. The average Bonchev–Trinajstić information content (AvgIpc) is 3.98. The summed E-state index contributed by atoms with van der Waals surface area (Å²) in [6.07, 6.45) is 4.96. The molecule has 306 valence electrons. The minimum absolute atomic E-state index is 0. The van der Waals surface area contributed by atoms with Crippen LogP contribution in [0.3, 0.4) is 0 Å². The van der Waals surface area contributed by atoms with Gasteiger partial charge in [0, 0.05) is 65.3 Å². The van der Waals surface area contributed by atoms with Crippen molar-refractivity contribution in [2.24, 2.45) is 0 Å². The van der Waals surface area contributed by atoms with Gasteiger partial charge in [-0.1, -0.05) is 127 Å². The van der Waals surface area contributed by atoms with Crippen molar-refractivity contribution in [3.8, 4) is 62.1 Å². The van der Waals surface area contributed by atoms with Crippen LogP contribution in [-0.4, -0.2) is 19.1 Å². The van der Waals surface area contributed by atoms with E-state index in [1.165, 1.54) is 0 Å². The summed E-state index contributed by atoms with van der Waals surface area (Å²) in [5.41, 5.74) is 5.67. The molecule has 0 amide bonds. The van der Waals surface area contributed by atoms with Gasteiger partial charge in [0.05, 0.1) is 30.4 Å². The number of nitrogens with zero attached hydrogens (tertiary/aromatic N) is 5. The number of aryl methyl sites for hydroxylation is 3. The van der Waals surface area contributed by atoms with Gasteiger partial charge in [-0.05, 0) is 89.4 Å². The fourth-order valence-electron chi connectivity index (χ4n) is 8.06. The van der Waals surface area contributed by atoms with E-state index in [4.69, 9.17) is 27.5 Å². The van der Waals surface area contributed by atoms with E-state index in [2.05, 4.69) is 23.4 Å². The molecule has 0 aliphatic rings. The Kier molecular flexibility index (Phi) is 7.19. The van der Waals surface area contributed by atoms with Crippen molar-refractivity contribution in [1.29, 1.82) is 0 Å². The summed E-state index contributed by atoms with van der Waals surface area (Å²) < 4.78 is 124. The molecule has 4 aromatic heterocycles. The van der Waals surface area contributed by atoms with Crippen LogP contribution in [0, 0.1) is 39.2 Å². The predicted molar refractivity (Wildman–Crippen MR) is 248 cm³/mol. The van der Waals surface area contributed by atoms with Crippen LogP contribution in [0.5, 0.6) is 11.5 Å². The third-order valence-electron chi connectivity index (χ3n) is 10.6. The summed E-state index contributed by atoms with van der Waals surface area (Å²) in [5.74, 6) is 0.951. The molecular formula is C56H39N5OPt-2. The van der Waals surface area contributed by atoms with E-state index in [0.29, 0.717) is 44.9 Å². The fourth-order valence-corrected chi connectivity index (χ4v) is 8.06. The maximum absolute atomic E-state index is 9.01. The molecule has 0 aliphatic carbocycles. The van der Waals surface area contributed by atoms with Gasteiger partial charge in [0.1, 0.15) is 5.82 Å². The first-order valence-corrected chi connectivity index (χ1v) is 19.7. The molecular weight excluding hydrogens is 954 g/mol. The minimum Gasteiger partial charge on any atom is -0.510 e. The summed E-state index contributed by atoms with van der Waals surface area (Å²) >= 11 is 0. The minimum atomic E-state index is -2.49. The quantitative estimate of drug-likeness (QED) is 0.113. The zero-order valence-electron chi connectivity index (χ0n) is 46.5. The number of fused-ring (bicyclic) bond motifs is 4. The molecule has 0 atom stereocenters. The van der Waals surface area contributed by atoms with Crippen molar-refractivity contribution in [2.45, 2.75) is 20.7 Å². The Balaban J connectivity index is 0.00000657. The van der Waals surface area contributed by atoms with Crippen molar-refractivity contribution >= 4 is 32.8 Å². The second-order valence-electron chi connectivity index (χ2n) is 14.6. The number of rotatable bonds is 8. The van der Waals surface area contributed by atoms with E-state index < -0.39 is 67.3 Å². The van der Waals surface area contributed by atoms with Crippen LogP contribution in [0.2, 0.25) is 0 Å². The number of hydrogen-bond acceptors (Lipinski definition) is 3. The van der Waals surface area contributed by atoms with Crippen molar-refractivity contribution < 1.29 is 48.2 Å². The molecule has 0 radical (unpaired) electrons. The van der Waals surface area contributed by atoms with Gasteiger partial charge >= 0.3 is 0 Å². The molecule has 0 fully saturated rings. The molecule has 11 rings (SSSR count). The van der Waals surface area contributed by atoms with Crippen LogP contribution in [0.15, 0.2) is 182 Å². The maximum Gasteiger partial charge on any atom is 0.268 e. The molecule has 0 N–H and O–H groups in total. The van der Waals surface area contributed by atoms with Crippen molar-refractivity contribution in [1.82, 2.24) is 19.1 Å². The van der Waals surface area contributed by atoms with Gasteiger partial charge in [-0.25, -0.2) is 4.98 Å². The van der Waals surface area contributed by atoms with Gasteiger partial charge in [-0.3, -0.25) is 9.55 Å². The van der Waals surface area contributed by atoms with Gasteiger partial charge in [0.2, 0.25) is 0 Å². The van der Waals surface area contributed by atoms with E-state index in [1.807, 2.05) is 73.0 Å². The average molecular weight is 1010 g/mol. The van der Waals surface area contributed by atoms with Crippen LogP contribution in [0.1, 0.15) is 34.8 Å². The summed E-state index contributed by atoms with van der Waals surface area (Å²) in [6, 6.07) is 35.0. The molecule has 0 saturated carbocycles. The summed E-state index contributed by atoms with van der Waals surface area (Å²) in [5, 5.41) is 1.71. The Hall–Kier alpha value is -7.40. The smallest absolute Gasteiger partial charge is 0.268 e. The Morgan fingerprint density at radius 2 is 1.30 bits per heavy atom. The van der Waals surface area contributed by atoms with E-state index in [9.17, 15) is 0 Å². The first kappa shape index (κ1) is 27.5. The zero-order valence-corrected chi connectivity index (χ0v) is 35.8. The first-order valence-electron chi connectivity index (χ1n) is 26.2. The number of imidazole rings is 1. The predicted octanol–water partition coefficient (Wildman–Crippen LogP) is 12.9. The molecule has 11 aromatic rings. The number of pyridine rings is 2. The maximum atomic E-state index is 9.01. The molecule has 0 spiro atoms. The molecule has 0 bridgehead atoms. The number of benzene rings is 7. The molecule has 0 saturated heterocycles.